The Labute approximate surface area is 136 Å². The molecule has 1 heterocycles. The van der Waals surface area contributed by atoms with Crippen LogP contribution in [0.25, 0.3) is 11.0 Å². The number of hydrogen-bond acceptors (Lipinski definition) is 3. The Morgan fingerprint density at radius 3 is 2.73 bits per heavy atom. The predicted octanol–water partition coefficient (Wildman–Crippen LogP) is 4.76. The topological polar surface area (TPSA) is 51.5 Å². The number of methoxy groups -OCH3 is 1. The summed E-state index contributed by atoms with van der Waals surface area (Å²) in [5.41, 5.74) is 1.89. The molecule has 112 valence electrons. The number of fused-ring (bicyclic) bond motifs is 1. The van der Waals surface area contributed by atoms with Crippen LogP contribution in [-0.2, 0) is 0 Å². The summed E-state index contributed by atoms with van der Waals surface area (Å²) in [6, 6.07) is 12.9. The highest BCUT2D eigenvalue weighted by atomic mass is 79.9. The van der Waals surface area contributed by atoms with Gasteiger partial charge < -0.3 is 14.5 Å². The van der Waals surface area contributed by atoms with Gasteiger partial charge in [0.05, 0.1) is 18.4 Å². The lowest BCUT2D eigenvalue weighted by Gasteiger charge is -2.07. The average Bonchev–Trinajstić information content (AvgIpc) is 2.84. The van der Waals surface area contributed by atoms with E-state index >= 15 is 0 Å². The number of amides is 1. The molecule has 0 saturated carbocycles. The van der Waals surface area contributed by atoms with Gasteiger partial charge >= 0.3 is 0 Å². The first-order valence-corrected chi connectivity index (χ1v) is 7.52. The number of rotatable bonds is 3. The highest BCUT2D eigenvalue weighted by molar-refractivity contribution is 9.10. The fraction of sp³-hybridized carbons (Fsp3) is 0.118. The number of ether oxygens (including phenoxy) is 1. The van der Waals surface area contributed by atoms with Gasteiger partial charge in [0, 0.05) is 9.86 Å². The molecule has 0 atom stereocenters. The van der Waals surface area contributed by atoms with Crippen molar-refractivity contribution in [2.75, 3.05) is 12.4 Å². The number of nitrogens with one attached hydrogen (secondary N) is 1. The Morgan fingerprint density at radius 2 is 2.00 bits per heavy atom. The zero-order chi connectivity index (χ0) is 15.7. The lowest BCUT2D eigenvalue weighted by Crippen LogP contribution is -2.12. The maximum Gasteiger partial charge on any atom is 0.259 e. The summed E-state index contributed by atoms with van der Waals surface area (Å²) in [5.74, 6) is 1.05. The van der Waals surface area contributed by atoms with Crippen LogP contribution in [0.1, 0.15) is 16.1 Å². The molecule has 5 heteroatoms. The molecule has 0 aliphatic rings. The summed E-state index contributed by atoms with van der Waals surface area (Å²) in [6.07, 6.45) is 0. The lowest BCUT2D eigenvalue weighted by molar-refractivity contribution is 0.102. The van der Waals surface area contributed by atoms with E-state index in [-0.39, 0.29) is 5.91 Å². The summed E-state index contributed by atoms with van der Waals surface area (Å²) in [6.45, 7) is 1.78. The fourth-order valence-electron chi connectivity index (χ4n) is 2.36. The van der Waals surface area contributed by atoms with Crippen molar-refractivity contribution in [2.45, 2.75) is 6.92 Å². The molecule has 0 aliphatic heterocycles. The van der Waals surface area contributed by atoms with Crippen molar-refractivity contribution in [2.24, 2.45) is 0 Å². The minimum atomic E-state index is -0.212. The fourth-order valence-corrected chi connectivity index (χ4v) is 2.74. The van der Waals surface area contributed by atoms with Crippen LogP contribution in [0, 0.1) is 6.92 Å². The van der Waals surface area contributed by atoms with E-state index in [0.717, 1.165) is 9.86 Å². The quantitative estimate of drug-likeness (QED) is 0.732. The van der Waals surface area contributed by atoms with Crippen LogP contribution < -0.4 is 10.1 Å². The maximum absolute atomic E-state index is 12.6. The normalized spacial score (nSPS) is 10.7. The molecule has 0 unspecified atom stereocenters. The summed E-state index contributed by atoms with van der Waals surface area (Å²) >= 11 is 3.42. The Morgan fingerprint density at radius 1 is 1.23 bits per heavy atom. The second-order valence-corrected chi connectivity index (χ2v) is 5.68. The first-order chi connectivity index (χ1) is 10.6. The molecule has 4 nitrogen and oxygen atoms in total. The minimum Gasteiger partial charge on any atom is -0.497 e. The van der Waals surface area contributed by atoms with Gasteiger partial charge in [-0.05, 0) is 53.2 Å². The standard InChI is InChI=1S/C17H14BrNO3/c1-10-16(12-9-11(21-2)7-8-15(12)22-10)17(20)19-14-6-4-3-5-13(14)18/h3-9H,1-2H3,(H,19,20). The second kappa shape index (κ2) is 5.85. The molecule has 0 bridgehead atoms. The number of halogens is 1. The number of furan rings is 1. The van der Waals surface area contributed by atoms with Crippen LogP contribution in [0.4, 0.5) is 5.69 Å². The Kier molecular flexibility index (Phi) is 3.90. The largest absolute Gasteiger partial charge is 0.497 e. The number of para-hydroxylation sites is 1. The van der Waals surface area contributed by atoms with Gasteiger partial charge in [0.25, 0.3) is 5.91 Å². The van der Waals surface area contributed by atoms with E-state index < -0.39 is 0 Å². The van der Waals surface area contributed by atoms with Crippen molar-refractivity contribution in [3.05, 3.63) is 58.3 Å². The van der Waals surface area contributed by atoms with Gasteiger partial charge in [0.15, 0.2) is 0 Å². The van der Waals surface area contributed by atoms with E-state index in [1.54, 1.807) is 32.2 Å². The van der Waals surface area contributed by atoms with Crippen molar-refractivity contribution in [1.82, 2.24) is 0 Å². The van der Waals surface area contributed by atoms with E-state index in [4.69, 9.17) is 9.15 Å². The molecule has 1 amide bonds. The van der Waals surface area contributed by atoms with Gasteiger partial charge in [-0.15, -0.1) is 0 Å². The third-order valence-electron chi connectivity index (χ3n) is 3.42. The van der Waals surface area contributed by atoms with E-state index in [9.17, 15) is 4.79 Å². The van der Waals surface area contributed by atoms with Crippen molar-refractivity contribution < 1.29 is 13.9 Å². The van der Waals surface area contributed by atoms with Crippen LogP contribution in [0.15, 0.2) is 51.4 Å². The van der Waals surface area contributed by atoms with Gasteiger partial charge in [-0.2, -0.15) is 0 Å². The lowest BCUT2D eigenvalue weighted by atomic mass is 10.1. The zero-order valence-corrected chi connectivity index (χ0v) is 13.7. The van der Waals surface area contributed by atoms with Gasteiger partial charge in [-0.1, -0.05) is 12.1 Å². The van der Waals surface area contributed by atoms with Crippen LogP contribution in [0.3, 0.4) is 0 Å². The first kappa shape index (κ1) is 14.7. The van der Waals surface area contributed by atoms with Gasteiger partial charge in [0.2, 0.25) is 0 Å². The average molecular weight is 360 g/mol. The number of carbonyl (C=O) groups excluding carboxylic acids is 1. The molecule has 0 aliphatic carbocycles. The minimum absolute atomic E-state index is 0.212. The number of hydrogen-bond donors (Lipinski definition) is 1. The molecular formula is C17H14BrNO3. The zero-order valence-electron chi connectivity index (χ0n) is 12.1. The van der Waals surface area contributed by atoms with Gasteiger partial charge in [0.1, 0.15) is 17.1 Å². The Bertz CT molecular complexity index is 854. The van der Waals surface area contributed by atoms with E-state index in [1.807, 2.05) is 24.3 Å². The molecule has 1 aromatic heterocycles. The second-order valence-electron chi connectivity index (χ2n) is 4.83. The highest BCUT2D eigenvalue weighted by Gasteiger charge is 2.19. The van der Waals surface area contributed by atoms with E-state index in [2.05, 4.69) is 21.2 Å². The summed E-state index contributed by atoms with van der Waals surface area (Å²) in [5, 5.41) is 3.63. The number of anilines is 1. The van der Waals surface area contributed by atoms with E-state index in [0.29, 0.717) is 28.3 Å². The molecule has 0 saturated heterocycles. The molecule has 0 fully saturated rings. The molecule has 1 N–H and O–H groups in total. The number of aryl methyl sites for hydroxylation is 1. The summed E-state index contributed by atoms with van der Waals surface area (Å²) in [7, 11) is 1.59. The first-order valence-electron chi connectivity index (χ1n) is 6.73. The molecule has 3 aromatic rings. The van der Waals surface area contributed by atoms with Crippen LogP contribution in [0.5, 0.6) is 5.75 Å². The van der Waals surface area contributed by atoms with Crippen LogP contribution >= 0.6 is 15.9 Å². The third-order valence-corrected chi connectivity index (χ3v) is 4.11. The third kappa shape index (κ3) is 2.60. The van der Waals surface area contributed by atoms with Crippen molar-refractivity contribution in [3.8, 4) is 5.75 Å². The Balaban J connectivity index is 2.03. The molecular weight excluding hydrogens is 346 g/mol. The SMILES string of the molecule is COc1ccc2oc(C)c(C(=O)Nc3ccccc3Br)c2c1. The summed E-state index contributed by atoms with van der Waals surface area (Å²) in [4.78, 5) is 12.6. The molecule has 2 aromatic carbocycles. The van der Waals surface area contributed by atoms with Crippen LogP contribution in [0.2, 0.25) is 0 Å². The van der Waals surface area contributed by atoms with Crippen molar-refractivity contribution >= 4 is 38.5 Å². The van der Waals surface area contributed by atoms with Gasteiger partial charge in [-0.3, -0.25) is 4.79 Å². The predicted molar refractivity (Wildman–Crippen MR) is 89.6 cm³/mol. The van der Waals surface area contributed by atoms with Crippen LogP contribution in [-0.4, -0.2) is 13.0 Å². The molecule has 0 radical (unpaired) electrons. The smallest absolute Gasteiger partial charge is 0.259 e. The molecule has 0 spiro atoms. The maximum atomic E-state index is 12.6. The molecule has 3 rings (SSSR count). The number of benzene rings is 2. The van der Waals surface area contributed by atoms with Gasteiger partial charge in [-0.25, -0.2) is 0 Å². The number of carbonyl (C=O) groups is 1. The van der Waals surface area contributed by atoms with Crippen molar-refractivity contribution in [3.63, 3.8) is 0 Å². The molecule has 22 heavy (non-hydrogen) atoms. The summed E-state index contributed by atoms with van der Waals surface area (Å²) < 4.78 is 11.7. The van der Waals surface area contributed by atoms with E-state index in [1.165, 1.54) is 0 Å². The van der Waals surface area contributed by atoms with Crippen molar-refractivity contribution in [1.29, 1.82) is 0 Å². The Hall–Kier alpha value is -2.27. The monoisotopic (exact) mass is 359 g/mol. The highest BCUT2D eigenvalue weighted by Crippen LogP contribution is 2.30.